The molecular formula is C23H24N6O6S. The van der Waals surface area contributed by atoms with Gasteiger partial charge in [-0.1, -0.05) is 25.5 Å². The highest BCUT2D eigenvalue weighted by atomic mass is 32.2. The number of nitro groups is 1. The van der Waals surface area contributed by atoms with Crippen molar-refractivity contribution in [3.63, 3.8) is 0 Å². The van der Waals surface area contributed by atoms with Crippen LogP contribution in [-0.2, 0) is 23.5 Å². The fourth-order valence-corrected chi connectivity index (χ4v) is 4.95. The Bertz CT molecular complexity index is 1630. The Hall–Kier alpha value is -4.26. The molecule has 2 N–H and O–H groups in total. The lowest BCUT2D eigenvalue weighted by Gasteiger charge is -2.13. The average molecular weight is 513 g/mol. The van der Waals surface area contributed by atoms with Gasteiger partial charge in [-0.3, -0.25) is 24.3 Å². The number of sulfonamides is 1. The minimum absolute atomic E-state index is 0.115. The van der Waals surface area contributed by atoms with Gasteiger partial charge in [0.2, 0.25) is 0 Å². The van der Waals surface area contributed by atoms with Crippen molar-refractivity contribution in [1.29, 1.82) is 0 Å². The standard InChI is InChI=1S/C23H24N6O6S/c1-4-8-17-20-21(28(3)26-17)23(30)25-22(24-20)15-13-14(11-12-19(15)35-5-2)36(33,34)27-16-9-6-7-10-18(16)29(31)32/h6-7,9-13,27H,4-5,8H2,1-3H3,(H,24,25,30). The first-order valence-electron chi connectivity index (χ1n) is 11.2. The fourth-order valence-electron chi connectivity index (χ4n) is 3.85. The van der Waals surface area contributed by atoms with Gasteiger partial charge in [-0.05, 0) is 37.6 Å². The summed E-state index contributed by atoms with van der Waals surface area (Å²) in [5.41, 5.74) is 0.638. The van der Waals surface area contributed by atoms with Crippen LogP contribution in [0.4, 0.5) is 11.4 Å². The number of hydrogen-bond donors (Lipinski definition) is 2. The Morgan fingerprint density at radius 3 is 2.64 bits per heavy atom. The van der Waals surface area contributed by atoms with Crippen LogP contribution in [0.15, 0.2) is 52.2 Å². The second-order valence-electron chi connectivity index (χ2n) is 7.90. The van der Waals surface area contributed by atoms with E-state index in [1.54, 1.807) is 14.0 Å². The number of hydrogen-bond acceptors (Lipinski definition) is 8. The van der Waals surface area contributed by atoms with Gasteiger partial charge in [0.1, 0.15) is 22.8 Å². The molecule has 0 aliphatic carbocycles. The van der Waals surface area contributed by atoms with E-state index in [0.717, 1.165) is 6.42 Å². The van der Waals surface area contributed by atoms with E-state index in [2.05, 4.69) is 19.8 Å². The highest BCUT2D eigenvalue weighted by molar-refractivity contribution is 7.92. The summed E-state index contributed by atoms with van der Waals surface area (Å²) in [5.74, 6) is 0.426. The monoisotopic (exact) mass is 512 g/mol. The summed E-state index contributed by atoms with van der Waals surface area (Å²) in [5, 5.41) is 15.7. The van der Waals surface area contributed by atoms with Gasteiger partial charge in [-0.25, -0.2) is 13.4 Å². The van der Waals surface area contributed by atoms with E-state index in [0.29, 0.717) is 28.9 Å². The molecule has 4 rings (SSSR count). The van der Waals surface area contributed by atoms with Crippen molar-refractivity contribution in [2.45, 2.75) is 31.6 Å². The van der Waals surface area contributed by atoms with Crippen molar-refractivity contribution >= 4 is 32.4 Å². The fraction of sp³-hybridized carbons (Fsp3) is 0.261. The molecule has 0 spiro atoms. The molecular weight excluding hydrogens is 488 g/mol. The van der Waals surface area contributed by atoms with Crippen LogP contribution in [0.25, 0.3) is 22.4 Å². The Morgan fingerprint density at radius 1 is 1.19 bits per heavy atom. The number of benzene rings is 2. The molecule has 188 valence electrons. The molecule has 12 nitrogen and oxygen atoms in total. The van der Waals surface area contributed by atoms with Crippen molar-refractivity contribution in [3.8, 4) is 17.1 Å². The number of nitrogens with one attached hydrogen (secondary N) is 2. The van der Waals surface area contributed by atoms with E-state index in [-0.39, 0.29) is 34.3 Å². The molecule has 0 saturated carbocycles. The zero-order valence-electron chi connectivity index (χ0n) is 19.8. The maximum absolute atomic E-state index is 13.2. The molecule has 2 heterocycles. The molecule has 0 bridgehead atoms. The molecule has 0 aliphatic rings. The number of anilines is 1. The van der Waals surface area contributed by atoms with E-state index in [1.807, 2.05) is 6.92 Å². The SMILES string of the molecule is CCCc1nn(C)c2c(=O)[nH]c(-c3cc(S(=O)(=O)Nc4ccccc4[N+](=O)[O-])ccc3OCC)nc12. The highest BCUT2D eigenvalue weighted by Crippen LogP contribution is 2.33. The van der Waals surface area contributed by atoms with Gasteiger partial charge < -0.3 is 9.72 Å². The Kier molecular flexibility index (Phi) is 6.75. The van der Waals surface area contributed by atoms with E-state index < -0.39 is 20.5 Å². The number of aromatic amines is 1. The molecule has 4 aromatic rings. The first-order chi connectivity index (χ1) is 17.2. The first-order valence-corrected chi connectivity index (χ1v) is 12.6. The lowest BCUT2D eigenvalue weighted by Crippen LogP contribution is -2.15. The number of para-hydroxylation sites is 2. The van der Waals surface area contributed by atoms with Crippen molar-refractivity contribution in [2.75, 3.05) is 11.3 Å². The zero-order chi connectivity index (χ0) is 26.0. The molecule has 2 aromatic heterocycles. The molecule has 0 amide bonds. The lowest BCUT2D eigenvalue weighted by molar-refractivity contribution is -0.383. The molecule has 0 fully saturated rings. The summed E-state index contributed by atoms with van der Waals surface area (Å²) >= 11 is 0. The smallest absolute Gasteiger partial charge is 0.293 e. The van der Waals surface area contributed by atoms with Crippen LogP contribution in [-0.4, -0.2) is 39.7 Å². The maximum atomic E-state index is 13.2. The van der Waals surface area contributed by atoms with Gasteiger partial charge in [0.15, 0.2) is 5.52 Å². The number of rotatable bonds is 9. The molecule has 0 saturated heterocycles. The lowest BCUT2D eigenvalue weighted by atomic mass is 10.1. The molecule has 0 atom stereocenters. The van der Waals surface area contributed by atoms with Crippen molar-refractivity contribution in [3.05, 3.63) is 68.6 Å². The Morgan fingerprint density at radius 2 is 1.94 bits per heavy atom. The highest BCUT2D eigenvalue weighted by Gasteiger charge is 2.23. The minimum atomic E-state index is -4.24. The predicted molar refractivity (Wildman–Crippen MR) is 134 cm³/mol. The number of H-pyrrole nitrogens is 1. The number of aryl methyl sites for hydroxylation is 2. The number of nitro benzene ring substituents is 1. The molecule has 2 aromatic carbocycles. The van der Waals surface area contributed by atoms with Gasteiger partial charge >= 0.3 is 0 Å². The largest absolute Gasteiger partial charge is 0.493 e. The molecule has 36 heavy (non-hydrogen) atoms. The van der Waals surface area contributed by atoms with Crippen LogP contribution in [0.2, 0.25) is 0 Å². The first kappa shape index (κ1) is 24.9. The van der Waals surface area contributed by atoms with Crippen LogP contribution in [0.1, 0.15) is 26.0 Å². The number of ether oxygens (including phenoxy) is 1. The van der Waals surface area contributed by atoms with Gasteiger partial charge in [0.25, 0.3) is 21.3 Å². The Labute approximate surface area is 206 Å². The molecule has 13 heteroatoms. The third-order valence-corrected chi connectivity index (χ3v) is 6.77. The number of fused-ring (bicyclic) bond motifs is 1. The summed E-state index contributed by atoms with van der Waals surface area (Å²) in [6.45, 7) is 4.04. The van der Waals surface area contributed by atoms with E-state index in [4.69, 9.17) is 4.74 Å². The van der Waals surface area contributed by atoms with Crippen LogP contribution >= 0.6 is 0 Å². The summed E-state index contributed by atoms with van der Waals surface area (Å²) in [4.78, 5) is 30.7. The number of aromatic nitrogens is 4. The summed E-state index contributed by atoms with van der Waals surface area (Å²) in [6.07, 6.45) is 1.41. The minimum Gasteiger partial charge on any atom is -0.493 e. The van der Waals surface area contributed by atoms with Crippen LogP contribution in [0, 0.1) is 10.1 Å². The molecule has 0 unspecified atom stereocenters. The van der Waals surface area contributed by atoms with Crippen molar-refractivity contribution < 1.29 is 18.1 Å². The third-order valence-electron chi connectivity index (χ3n) is 5.41. The topological polar surface area (TPSA) is 162 Å². The van der Waals surface area contributed by atoms with Crippen LogP contribution in [0.5, 0.6) is 5.75 Å². The molecule has 0 aliphatic heterocycles. The molecule has 0 radical (unpaired) electrons. The quantitative estimate of drug-likeness (QED) is 0.255. The maximum Gasteiger partial charge on any atom is 0.293 e. The van der Waals surface area contributed by atoms with Crippen molar-refractivity contribution in [1.82, 2.24) is 19.7 Å². The second-order valence-corrected chi connectivity index (χ2v) is 9.59. The third kappa shape index (κ3) is 4.64. The van der Waals surface area contributed by atoms with Gasteiger partial charge in [0.05, 0.1) is 27.7 Å². The van der Waals surface area contributed by atoms with E-state index >= 15 is 0 Å². The normalized spacial score (nSPS) is 11.5. The average Bonchev–Trinajstić information content (AvgIpc) is 3.15. The van der Waals surface area contributed by atoms with Gasteiger partial charge in [-0.15, -0.1) is 0 Å². The van der Waals surface area contributed by atoms with Crippen LogP contribution in [0.3, 0.4) is 0 Å². The Balaban J connectivity index is 1.86. The summed E-state index contributed by atoms with van der Waals surface area (Å²) in [6, 6.07) is 9.50. The van der Waals surface area contributed by atoms with Gasteiger partial charge in [-0.2, -0.15) is 5.10 Å². The summed E-state index contributed by atoms with van der Waals surface area (Å²) < 4.78 is 35.8. The second kappa shape index (κ2) is 9.77. The zero-order valence-corrected chi connectivity index (χ0v) is 20.6. The van der Waals surface area contributed by atoms with Crippen LogP contribution < -0.4 is 15.0 Å². The summed E-state index contributed by atoms with van der Waals surface area (Å²) in [7, 11) is -2.59. The number of nitrogens with zero attached hydrogens (tertiary/aromatic N) is 4. The van der Waals surface area contributed by atoms with E-state index in [1.165, 1.54) is 47.1 Å². The van der Waals surface area contributed by atoms with Crippen molar-refractivity contribution in [2.24, 2.45) is 7.05 Å². The predicted octanol–water partition coefficient (Wildman–Crippen LogP) is 3.38. The van der Waals surface area contributed by atoms with Gasteiger partial charge in [0, 0.05) is 13.1 Å². The van der Waals surface area contributed by atoms with E-state index in [9.17, 15) is 23.3 Å².